The van der Waals surface area contributed by atoms with Crippen molar-refractivity contribution in [2.75, 3.05) is 20.2 Å². The molecule has 0 spiro atoms. The highest BCUT2D eigenvalue weighted by Gasteiger charge is 2.37. The minimum Gasteiger partial charge on any atom is -0.494 e. The van der Waals surface area contributed by atoms with E-state index in [-0.39, 0.29) is 35.6 Å². The van der Waals surface area contributed by atoms with Crippen molar-refractivity contribution in [3.05, 3.63) is 46.5 Å². The Hall–Kier alpha value is -2.41. The first-order chi connectivity index (χ1) is 12.5. The summed E-state index contributed by atoms with van der Waals surface area (Å²) in [7, 11) is 1.45. The van der Waals surface area contributed by atoms with Gasteiger partial charge in [-0.1, -0.05) is 6.07 Å². The molecule has 1 saturated heterocycles. The van der Waals surface area contributed by atoms with Gasteiger partial charge in [-0.05, 0) is 31.5 Å². The fraction of sp³-hybridized carbons (Fsp3) is 0.474. The summed E-state index contributed by atoms with van der Waals surface area (Å²) in [5.74, 6) is -0.0211. The molecule has 6 nitrogen and oxygen atoms in total. The SMILES string of the molecule is COc1cc(C2CN(C(=O)c3n[nH]c4c3C[C@H](C)O[C@@H]4C)C2)ccc1F. The van der Waals surface area contributed by atoms with Gasteiger partial charge in [0.2, 0.25) is 0 Å². The molecule has 1 fully saturated rings. The number of ether oxygens (including phenoxy) is 2. The van der Waals surface area contributed by atoms with Gasteiger partial charge in [0.1, 0.15) is 0 Å². The van der Waals surface area contributed by atoms with Gasteiger partial charge in [-0.15, -0.1) is 0 Å². The Bertz CT molecular complexity index is 845. The number of nitrogens with zero attached hydrogens (tertiary/aromatic N) is 2. The van der Waals surface area contributed by atoms with Gasteiger partial charge in [0, 0.05) is 31.0 Å². The van der Waals surface area contributed by atoms with Gasteiger partial charge >= 0.3 is 0 Å². The summed E-state index contributed by atoms with van der Waals surface area (Å²) in [6.07, 6.45) is 0.667. The van der Waals surface area contributed by atoms with Crippen LogP contribution in [0.3, 0.4) is 0 Å². The molecular formula is C19H22FN3O3. The van der Waals surface area contributed by atoms with Crippen molar-refractivity contribution in [2.45, 2.75) is 38.4 Å². The number of amides is 1. The Morgan fingerprint density at radius 3 is 2.88 bits per heavy atom. The molecule has 0 unspecified atom stereocenters. The number of aromatic amines is 1. The Labute approximate surface area is 151 Å². The third-order valence-electron chi connectivity index (χ3n) is 5.25. The minimum absolute atomic E-state index is 0.0610. The summed E-state index contributed by atoms with van der Waals surface area (Å²) in [6, 6.07) is 4.87. The standard InChI is InChI=1S/C19H22FN3O3/c1-10-6-14-17(11(2)26-10)21-22-18(14)19(24)23-8-13(9-23)12-4-5-15(20)16(7-12)25-3/h4-5,7,10-11,13H,6,8-9H2,1-3H3,(H,21,22)/t10-,11+/m0/s1. The highest BCUT2D eigenvalue weighted by molar-refractivity contribution is 5.94. The number of benzene rings is 1. The van der Waals surface area contributed by atoms with E-state index in [4.69, 9.17) is 9.47 Å². The van der Waals surface area contributed by atoms with Crippen LogP contribution in [0.5, 0.6) is 5.75 Å². The highest BCUT2D eigenvalue weighted by Crippen LogP contribution is 2.34. The van der Waals surface area contributed by atoms with Crippen molar-refractivity contribution >= 4 is 5.91 Å². The average molecular weight is 359 g/mol. The van der Waals surface area contributed by atoms with Crippen molar-refractivity contribution in [2.24, 2.45) is 0 Å². The maximum Gasteiger partial charge on any atom is 0.274 e. The predicted molar refractivity (Wildman–Crippen MR) is 92.9 cm³/mol. The Balaban J connectivity index is 1.48. The van der Waals surface area contributed by atoms with E-state index in [1.54, 1.807) is 17.0 Å². The van der Waals surface area contributed by atoms with Crippen LogP contribution in [-0.2, 0) is 11.2 Å². The number of methoxy groups -OCH3 is 1. The average Bonchev–Trinajstić information content (AvgIpc) is 2.98. The molecule has 138 valence electrons. The quantitative estimate of drug-likeness (QED) is 0.915. The number of hydrogen-bond acceptors (Lipinski definition) is 4. The van der Waals surface area contributed by atoms with Gasteiger partial charge in [-0.3, -0.25) is 9.89 Å². The first-order valence-corrected chi connectivity index (χ1v) is 8.83. The van der Waals surface area contributed by atoms with Crippen LogP contribution in [0.4, 0.5) is 4.39 Å². The second-order valence-corrected chi connectivity index (χ2v) is 7.06. The lowest BCUT2D eigenvalue weighted by Gasteiger charge is -2.39. The van der Waals surface area contributed by atoms with Crippen molar-refractivity contribution in [3.8, 4) is 5.75 Å². The molecule has 2 aromatic rings. The summed E-state index contributed by atoms with van der Waals surface area (Å²) in [6.45, 7) is 5.15. The number of hydrogen-bond donors (Lipinski definition) is 1. The summed E-state index contributed by atoms with van der Waals surface area (Å²) in [5, 5.41) is 7.22. The molecule has 0 radical (unpaired) electrons. The summed E-state index contributed by atoms with van der Waals surface area (Å²) < 4.78 is 24.4. The molecule has 26 heavy (non-hydrogen) atoms. The van der Waals surface area contributed by atoms with Crippen LogP contribution in [0.2, 0.25) is 0 Å². The van der Waals surface area contributed by atoms with Crippen LogP contribution in [0.1, 0.15) is 53.2 Å². The molecule has 1 aromatic carbocycles. The smallest absolute Gasteiger partial charge is 0.274 e. The van der Waals surface area contributed by atoms with E-state index in [0.717, 1.165) is 16.8 Å². The highest BCUT2D eigenvalue weighted by atomic mass is 19.1. The summed E-state index contributed by atoms with van der Waals surface area (Å²) >= 11 is 0. The second kappa shape index (κ2) is 6.39. The third kappa shape index (κ3) is 2.76. The number of halogens is 1. The minimum atomic E-state index is -0.378. The molecule has 2 aliphatic heterocycles. The zero-order valence-corrected chi connectivity index (χ0v) is 15.1. The Kier molecular flexibility index (Phi) is 4.19. The van der Waals surface area contributed by atoms with Crippen LogP contribution in [-0.4, -0.2) is 47.3 Å². The van der Waals surface area contributed by atoms with E-state index in [9.17, 15) is 9.18 Å². The number of likely N-dealkylation sites (tertiary alicyclic amines) is 1. The molecule has 2 aliphatic rings. The third-order valence-corrected chi connectivity index (χ3v) is 5.25. The fourth-order valence-corrected chi connectivity index (χ4v) is 3.79. The van der Waals surface area contributed by atoms with Crippen LogP contribution < -0.4 is 4.74 Å². The van der Waals surface area contributed by atoms with E-state index in [0.29, 0.717) is 25.2 Å². The number of rotatable bonds is 3. The van der Waals surface area contributed by atoms with Gasteiger partial charge in [-0.2, -0.15) is 5.10 Å². The zero-order chi connectivity index (χ0) is 18.4. The van der Waals surface area contributed by atoms with E-state index in [1.165, 1.54) is 13.2 Å². The van der Waals surface area contributed by atoms with Gasteiger partial charge in [0.15, 0.2) is 17.3 Å². The second-order valence-electron chi connectivity index (χ2n) is 7.06. The number of H-pyrrole nitrogens is 1. The molecule has 0 saturated carbocycles. The van der Waals surface area contributed by atoms with Crippen molar-refractivity contribution in [3.63, 3.8) is 0 Å². The first kappa shape index (κ1) is 17.0. The number of carbonyl (C=O) groups excluding carboxylic acids is 1. The zero-order valence-electron chi connectivity index (χ0n) is 15.1. The maximum absolute atomic E-state index is 13.6. The normalized spacial score (nSPS) is 22.7. The predicted octanol–water partition coefficient (Wildman–Crippen LogP) is 2.82. The lowest BCUT2D eigenvalue weighted by molar-refractivity contribution is -0.00706. The molecule has 1 N–H and O–H groups in total. The van der Waals surface area contributed by atoms with Crippen LogP contribution in [0.15, 0.2) is 18.2 Å². The fourth-order valence-electron chi connectivity index (χ4n) is 3.79. The van der Waals surface area contributed by atoms with E-state index < -0.39 is 0 Å². The topological polar surface area (TPSA) is 67.5 Å². The molecule has 1 aromatic heterocycles. The van der Waals surface area contributed by atoms with E-state index >= 15 is 0 Å². The molecule has 1 amide bonds. The van der Waals surface area contributed by atoms with Gasteiger partial charge in [0.05, 0.1) is 25.0 Å². The molecule has 0 aliphatic carbocycles. The summed E-state index contributed by atoms with van der Waals surface area (Å²) in [5.41, 5.74) is 3.34. The molecule has 7 heteroatoms. The van der Waals surface area contributed by atoms with Crippen molar-refractivity contribution < 1.29 is 18.7 Å². The number of fused-ring (bicyclic) bond motifs is 1. The molecule has 4 rings (SSSR count). The van der Waals surface area contributed by atoms with Gasteiger partial charge in [0.25, 0.3) is 5.91 Å². The van der Waals surface area contributed by atoms with E-state index in [2.05, 4.69) is 10.2 Å². The first-order valence-electron chi connectivity index (χ1n) is 8.83. The number of nitrogens with one attached hydrogen (secondary N) is 1. The Morgan fingerprint density at radius 2 is 2.15 bits per heavy atom. The van der Waals surface area contributed by atoms with Gasteiger partial charge < -0.3 is 14.4 Å². The lowest BCUT2D eigenvalue weighted by Crippen LogP contribution is -2.48. The lowest BCUT2D eigenvalue weighted by atomic mass is 9.90. The van der Waals surface area contributed by atoms with Crippen LogP contribution in [0.25, 0.3) is 0 Å². The molecule has 3 heterocycles. The number of carbonyl (C=O) groups is 1. The maximum atomic E-state index is 13.6. The van der Waals surface area contributed by atoms with E-state index in [1.807, 2.05) is 13.8 Å². The molecule has 0 bridgehead atoms. The molecular weight excluding hydrogens is 337 g/mol. The van der Waals surface area contributed by atoms with Crippen molar-refractivity contribution in [1.29, 1.82) is 0 Å². The van der Waals surface area contributed by atoms with Gasteiger partial charge in [-0.25, -0.2) is 4.39 Å². The van der Waals surface area contributed by atoms with Crippen molar-refractivity contribution in [1.82, 2.24) is 15.1 Å². The van der Waals surface area contributed by atoms with Crippen LogP contribution in [0, 0.1) is 5.82 Å². The Morgan fingerprint density at radius 1 is 1.38 bits per heavy atom. The largest absolute Gasteiger partial charge is 0.494 e. The monoisotopic (exact) mass is 359 g/mol. The number of aromatic nitrogens is 2. The summed E-state index contributed by atoms with van der Waals surface area (Å²) in [4.78, 5) is 14.6. The molecule has 2 atom stereocenters. The van der Waals surface area contributed by atoms with Crippen LogP contribution >= 0.6 is 0 Å².